The first kappa shape index (κ1) is 13.4. The Balaban J connectivity index is 3.20. The van der Waals surface area contributed by atoms with Gasteiger partial charge in [-0.2, -0.15) is 0 Å². The molecule has 0 radical (unpaired) electrons. The van der Waals surface area contributed by atoms with E-state index in [-0.39, 0.29) is 0 Å². The van der Waals surface area contributed by atoms with Crippen LogP contribution in [0.3, 0.4) is 0 Å². The van der Waals surface area contributed by atoms with Gasteiger partial charge in [-0.3, -0.25) is 0 Å². The lowest BCUT2D eigenvalue weighted by atomic mass is 10.5. The molecule has 0 aliphatic heterocycles. The summed E-state index contributed by atoms with van der Waals surface area (Å²) in [6.07, 6.45) is 11.1. The molecule has 0 aromatic rings. The standard InChI is InChI=1S/C12H18O3/c1-3-5-7-13-9-11-15-12-10-14-8-6-4-2/h3-4,9-12H,1-2,5-8H2. The number of hydrogen-bond donors (Lipinski definition) is 0. The van der Waals surface area contributed by atoms with Gasteiger partial charge in [-0.15, -0.1) is 13.2 Å². The Bertz CT molecular complexity index is 185. The quantitative estimate of drug-likeness (QED) is 0.315. The van der Waals surface area contributed by atoms with Gasteiger partial charge in [0, 0.05) is 0 Å². The smallest absolute Gasteiger partial charge is 0.125 e. The van der Waals surface area contributed by atoms with Gasteiger partial charge in [-0.25, -0.2) is 0 Å². The number of ether oxygens (including phenoxy) is 3. The Labute approximate surface area is 91.3 Å². The maximum absolute atomic E-state index is 5.05. The van der Waals surface area contributed by atoms with Crippen molar-refractivity contribution < 1.29 is 14.2 Å². The van der Waals surface area contributed by atoms with Crippen LogP contribution in [0.2, 0.25) is 0 Å². The molecule has 0 N–H and O–H groups in total. The van der Waals surface area contributed by atoms with Crippen LogP contribution in [0.25, 0.3) is 0 Å². The van der Waals surface area contributed by atoms with Crippen molar-refractivity contribution in [3.8, 4) is 0 Å². The van der Waals surface area contributed by atoms with Gasteiger partial charge in [-0.05, 0) is 12.8 Å². The van der Waals surface area contributed by atoms with Crippen molar-refractivity contribution in [3.05, 3.63) is 50.4 Å². The second-order valence-electron chi connectivity index (χ2n) is 2.58. The molecule has 0 aliphatic rings. The summed E-state index contributed by atoms with van der Waals surface area (Å²) < 4.78 is 15.0. The summed E-state index contributed by atoms with van der Waals surface area (Å²) in [6.45, 7) is 8.37. The second-order valence-corrected chi connectivity index (χ2v) is 2.58. The summed E-state index contributed by atoms with van der Waals surface area (Å²) in [5.74, 6) is 0. The molecule has 3 heteroatoms. The summed E-state index contributed by atoms with van der Waals surface area (Å²) in [5, 5.41) is 0. The highest BCUT2D eigenvalue weighted by Crippen LogP contribution is 1.88. The van der Waals surface area contributed by atoms with Crippen LogP contribution >= 0.6 is 0 Å². The van der Waals surface area contributed by atoms with Crippen molar-refractivity contribution in [3.63, 3.8) is 0 Å². The van der Waals surface area contributed by atoms with Gasteiger partial charge >= 0.3 is 0 Å². The molecule has 3 nitrogen and oxygen atoms in total. The largest absolute Gasteiger partial charge is 0.498 e. The molecule has 0 bridgehead atoms. The molecule has 0 saturated heterocycles. The first-order chi connectivity index (χ1) is 7.41. The Kier molecular flexibility index (Phi) is 11.0. The molecule has 15 heavy (non-hydrogen) atoms. The van der Waals surface area contributed by atoms with Crippen molar-refractivity contribution >= 4 is 0 Å². The number of rotatable bonds is 10. The van der Waals surface area contributed by atoms with Crippen LogP contribution in [-0.2, 0) is 14.2 Å². The molecule has 0 aromatic heterocycles. The minimum atomic E-state index is 0.614. The summed E-state index contributed by atoms with van der Waals surface area (Å²) in [6, 6.07) is 0. The van der Waals surface area contributed by atoms with Gasteiger partial charge in [0.25, 0.3) is 0 Å². The van der Waals surface area contributed by atoms with Crippen LogP contribution in [0.4, 0.5) is 0 Å². The van der Waals surface area contributed by atoms with Crippen LogP contribution in [0.1, 0.15) is 12.8 Å². The molecule has 0 fully saturated rings. The van der Waals surface area contributed by atoms with E-state index in [4.69, 9.17) is 14.2 Å². The lowest BCUT2D eigenvalue weighted by Gasteiger charge is -1.96. The van der Waals surface area contributed by atoms with E-state index in [0.29, 0.717) is 13.2 Å². The zero-order chi connectivity index (χ0) is 11.2. The first-order valence-corrected chi connectivity index (χ1v) is 4.82. The van der Waals surface area contributed by atoms with Crippen LogP contribution in [0.5, 0.6) is 0 Å². The minimum absolute atomic E-state index is 0.614. The highest BCUT2D eigenvalue weighted by Gasteiger charge is 1.78. The maximum Gasteiger partial charge on any atom is 0.125 e. The molecule has 84 valence electrons. The lowest BCUT2D eigenvalue weighted by molar-refractivity contribution is 0.227. The zero-order valence-corrected chi connectivity index (χ0v) is 8.93. The maximum atomic E-state index is 5.05. The van der Waals surface area contributed by atoms with E-state index in [9.17, 15) is 0 Å². The fourth-order valence-electron chi connectivity index (χ4n) is 0.627. The number of hydrogen-bond acceptors (Lipinski definition) is 3. The fourth-order valence-corrected chi connectivity index (χ4v) is 0.627. The van der Waals surface area contributed by atoms with Crippen LogP contribution in [0.15, 0.2) is 50.4 Å². The van der Waals surface area contributed by atoms with Crippen molar-refractivity contribution in [2.24, 2.45) is 0 Å². The third-order valence-electron chi connectivity index (χ3n) is 1.34. The van der Waals surface area contributed by atoms with Crippen LogP contribution < -0.4 is 0 Å². The zero-order valence-electron chi connectivity index (χ0n) is 8.93. The molecule has 0 atom stereocenters. The molecule has 0 unspecified atom stereocenters. The van der Waals surface area contributed by atoms with E-state index in [1.54, 1.807) is 12.2 Å². The monoisotopic (exact) mass is 210 g/mol. The second kappa shape index (κ2) is 12.4. The Morgan fingerprint density at radius 2 is 1.20 bits per heavy atom. The third-order valence-corrected chi connectivity index (χ3v) is 1.34. The predicted octanol–water partition coefficient (Wildman–Crippen LogP) is 3.13. The van der Waals surface area contributed by atoms with Gasteiger partial charge in [0.1, 0.15) is 25.0 Å². The highest BCUT2D eigenvalue weighted by atomic mass is 16.5. The average molecular weight is 210 g/mol. The van der Waals surface area contributed by atoms with E-state index < -0.39 is 0 Å². The van der Waals surface area contributed by atoms with Crippen LogP contribution in [0, 0.1) is 0 Å². The minimum Gasteiger partial charge on any atom is -0.498 e. The van der Waals surface area contributed by atoms with E-state index in [1.165, 1.54) is 25.0 Å². The topological polar surface area (TPSA) is 27.7 Å². The summed E-state index contributed by atoms with van der Waals surface area (Å²) >= 11 is 0. The van der Waals surface area contributed by atoms with Gasteiger partial charge in [0.15, 0.2) is 0 Å². The molecular weight excluding hydrogens is 192 g/mol. The Morgan fingerprint density at radius 3 is 1.60 bits per heavy atom. The van der Waals surface area contributed by atoms with E-state index in [1.807, 2.05) is 0 Å². The van der Waals surface area contributed by atoms with Crippen molar-refractivity contribution in [1.82, 2.24) is 0 Å². The molecular formula is C12H18O3. The Morgan fingerprint density at radius 1 is 0.733 bits per heavy atom. The molecule has 0 amide bonds. The predicted molar refractivity (Wildman–Crippen MR) is 60.9 cm³/mol. The van der Waals surface area contributed by atoms with E-state index in [0.717, 1.165) is 12.8 Å². The summed E-state index contributed by atoms with van der Waals surface area (Å²) in [7, 11) is 0. The summed E-state index contributed by atoms with van der Waals surface area (Å²) in [5.41, 5.74) is 0. The SMILES string of the molecule is C=CCCOC=COC=COCCC=C. The van der Waals surface area contributed by atoms with E-state index >= 15 is 0 Å². The van der Waals surface area contributed by atoms with Crippen molar-refractivity contribution in [2.45, 2.75) is 12.8 Å². The fraction of sp³-hybridized carbons (Fsp3) is 0.333. The van der Waals surface area contributed by atoms with Gasteiger partial charge in [-0.1, -0.05) is 12.2 Å². The summed E-state index contributed by atoms with van der Waals surface area (Å²) in [4.78, 5) is 0. The molecule has 0 saturated carbocycles. The van der Waals surface area contributed by atoms with E-state index in [2.05, 4.69) is 13.2 Å². The molecule has 0 heterocycles. The lowest BCUT2D eigenvalue weighted by Crippen LogP contribution is -1.84. The normalized spacial score (nSPS) is 10.4. The van der Waals surface area contributed by atoms with Gasteiger partial charge < -0.3 is 14.2 Å². The highest BCUT2D eigenvalue weighted by molar-refractivity contribution is 4.72. The average Bonchev–Trinajstić information content (AvgIpc) is 2.26. The van der Waals surface area contributed by atoms with Crippen molar-refractivity contribution in [2.75, 3.05) is 13.2 Å². The molecule has 0 spiro atoms. The van der Waals surface area contributed by atoms with Gasteiger partial charge in [0.05, 0.1) is 13.2 Å². The van der Waals surface area contributed by atoms with Crippen molar-refractivity contribution in [1.29, 1.82) is 0 Å². The first-order valence-electron chi connectivity index (χ1n) is 4.82. The Hall–Kier alpha value is -1.64. The van der Waals surface area contributed by atoms with Gasteiger partial charge in [0.2, 0.25) is 0 Å². The third kappa shape index (κ3) is 12.4. The van der Waals surface area contributed by atoms with Crippen LogP contribution in [-0.4, -0.2) is 13.2 Å². The molecule has 0 rings (SSSR count). The molecule has 0 aliphatic carbocycles. The molecule has 0 aromatic carbocycles.